The van der Waals surface area contributed by atoms with E-state index in [-0.39, 0.29) is 6.61 Å². The first-order chi connectivity index (χ1) is 12.3. The number of hydrogen-bond donors (Lipinski definition) is 0. The summed E-state index contributed by atoms with van der Waals surface area (Å²) in [7, 11) is 0. The third kappa shape index (κ3) is 7.84. The van der Waals surface area contributed by atoms with Crippen LogP contribution in [0.3, 0.4) is 0 Å². The summed E-state index contributed by atoms with van der Waals surface area (Å²) in [6.45, 7) is 2.23. The summed E-state index contributed by atoms with van der Waals surface area (Å²) in [5, 5.41) is 10.8. The minimum Gasteiger partial charge on any atom is -0.462 e. The van der Waals surface area contributed by atoms with Crippen molar-refractivity contribution in [2.24, 2.45) is 0 Å². The maximum atomic E-state index is 12.8. The minimum absolute atomic E-state index is 0.0812. The largest absolute Gasteiger partial charge is 0.462 e. The van der Waals surface area contributed by atoms with E-state index in [1.807, 2.05) is 0 Å². The number of esters is 1. The van der Waals surface area contributed by atoms with Crippen molar-refractivity contribution in [2.75, 3.05) is 6.61 Å². The maximum absolute atomic E-state index is 12.8. The molecule has 0 fully saturated rings. The molecule has 0 N–H and O–H groups in total. The van der Waals surface area contributed by atoms with Crippen molar-refractivity contribution in [3.05, 3.63) is 39.4 Å². The zero-order valence-corrected chi connectivity index (χ0v) is 14.8. The predicted octanol–water partition coefficient (Wildman–Crippen LogP) is 5.91. The number of benzene rings is 1. The van der Waals surface area contributed by atoms with Crippen LogP contribution in [0.15, 0.2) is 18.2 Å². The van der Waals surface area contributed by atoms with Crippen molar-refractivity contribution in [1.82, 2.24) is 0 Å². The van der Waals surface area contributed by atoms with Gasteiger partial charge >= 0.3 is 12.1 Å². The van der Waals surface area contributed by atoms with Gasteiger partial charge in [-0.15, -0.1) is 0 Å². The van der Waals surface area contributed by atoms with Gasteiger partial charge in [-0.1, -0.05) is 51.9 Å². The molecule has 5 nitrogen and oxygen atoms in total. The van der Waals surface area contributed by atoms with Crippen LogP contribution in [-0.2, 0) is 10.9 Å². The van der Waals surface area contributed by atoms with E-state index in [1.165, 1.54) is 25.7 Å². The molecule has 1 aromatic carbocycles. The predicted molar refractivity (Wildman–Crippen MR) is 91.0 cm³/mol. The lowest BCUT2D eigenvalue weighted by Gasteiger charge is -2.09. The Kier molecular flexibility index (Phi) is 9.09. The lowest BCUT2D eigenvalue weighted by atomic mass is 10.1. The molecule has 0 saturated carbocycles. The summed E-state index contributed by atoms with van der Waals surface area (Å²) in [6, 6.07) is 1.77. The maximum Gasteiger partial charge on any atom is 0.416 e. The Morgan fingerprint density at radius 3 is 2.15 bits per heavy atom. The number of nitro groups is 1. The van der Waals surface area contributed by atoms with Crippen LogP contribution in [0.25, 0.3) is 0 Å². The molecule has 26 heavy (non-hydrogen) atoms. The van der Waals surface area contributed by atoms with Crippen LogP contribution in [0, 0.1) is 10.1 Å². The number of hydrogen-bond acceptors (Lipinski definition) is 4. The standard InChI is InChI=1S/C18H24F3NO4/c1-2-3-4-5-6-7-8-9-10-26-17(23)14-11-15(18(19,20)21)13-16(12-14)22(24)25/h11-13H,2-10H2,1H3. The Morgan fingerprint density at radius 2 is 1.62 bits per heavy atom. The average molecular weight is 375 g/mol. The summed E-state index contributed by atoms with van der Waals surface area (Å²) in [5.74, 6) is -0.984. The molecule has 8 heteroatoms. The van der Waals surface area contributed by atoms with Crippen molar-refractivity contribution >= 4 is 11.7 Å². The second kappa shape index (κ2) is 10.8. The number of nitro benzene ring substituents is 1. The lowest BCUT2D eigenvalue weighted by Crippen LogP contribution is -2.11. The van der Waals surface area contributed by atoms with Gasteiger partial charge in [-0.2, -0.15) is 13.2 Å². The number of rotatable bonds is 11. The fourth-order valence-electron chi connectivity index (χ4n) is 2.48. The Balaban J connectivity index is 2.49. The fraction of sp³-hybridized carbons (Fsp3) is 0.611. The molecule has 1 rings (SSSR count). The number of carbonyl (C=O) groups excluding carboxylic acids is 1. The number of non-ortho nitro benzene ring substituents is 1. The first kappa shape index (κ1) is 21.9. The van der Waals surface area contributed by atoms with E-state index in [2.05, 4.69) is 6.92 Å². The Morgan fingerprint density at radius 1 is 1.04 bits per heavy atom. The van der Waals surface area contributed by atoms with Crippen LogP contribution in [-0.4, -0.2) is 17.5 Å². The molecule has 1 aromatic rings. The van der Waals surface area contributed by atoms with Crippen LogP contribution in [0.2, 0.25) is 0 Å². The molecular formula is C18H24F3NO4. The molecule has 0 heterocycles. The third-order valence-electron chi connectivity index (χ3n) is 3.92. The van der Waals surface area contributed by atoms with Crippen LogP contribution in [0.4, 0.5) is 18.9 Å². The quantitative estimate of drug-likeness (QED) is 0.209. The van der Waals surface area contributed by atoms with Crippen molar-refractivity contribution < 1.29 is 27.6 Å². The van der Waals surface area contributed by atoms with E-state index in [1.54, 1.807) is 0 Å². The van der Waals surface area contributed by atoms with Gasteiger partial charge in [0.25, 0.3) is 5.69 Å². The Labute approximate surface area is 150 Å². The van der Waals surface area contributed by atoms with Gasteiger partial charge in [0, 0.05) is 12.1 Å². The van der Waals surface area contributed by atoms with Gasteiger partial charge in [0.1, 0.15) is 0 Å². The van der Waals surface area contributed by atoms with Crippen LogP contribution < -0.4 is 0 Å². The van der Waals surface area contributed by atoms with E-state index in [0.29, 0.717) is 18.6 Å². The summed E-state index contributed by atoms with van der Waals surface area (Å²) < 4.78 is 43.4. The molecule has 0 aromatic heterocycles. The molecule has 0 saturated heterocycles. The van der Waals surface area contributed by atoms with E-state index < -0.39 is 33.9 Å². The molecule has 0 bridgehead atoms. The molecule has 0 unspecified atom stereocenters. The number of carbonyl (C=O) groups is 1. The summed E-state index contributed by atoms with van der Waals surface area (Å²) in [5.41, 5.74) is -2.50. The van der Waals surface area contributed by atoms with E-state index in [0.717, 1.165) is 25.3 Å². The van der Waals surface area contributed by atoms with Gasteiger partial charge in [-0.25, -0.2) is 4.79 Å². The van der Waals surface area contributed by atoms with E-state index >= 15 is 0 Å². The number of alkyl halides is 3. The molecular weight excluding hydrogens is 351 g/mol. The minimum atomic E-state index is -4.78. The highest BCUT2D eigenvalue weighted by molar-refractivity contribution is 5.90. The molecule has 0 atom stereocenters. The second-order valence-electron chi connectivity index (χ2n) is 6.13. The average Bonchev–Trinajstić information content (AvgIpc) is 2.59. The number of ether oxygens (including phenoxy) is 1. The van der Waals surface area contributed by atoms with Gasteiger partial charge in [0.05, 0.1) is 22.7 Å². The molecule has 146 valence electrons. The van der Waals surface area contributed by atoms with Gasteiger partial charge in [0.2, 0.25) is 0 Å². The zero-order valence-electron chi connectivity index (χ0n) is 14.8. The highest BCUT2D eigenvalue weighted by Gasteiger charge is 2.33. The molecule has 0 aliphatic carbocycles. The normalized spacial score (nSPS) is 11.4. The van der Waals surface area contributed by atoms with Gasteiger partial charge in [0.15, 0.2) is 0 Å². The van der Waals surface area contributed by atoms with Crippen molar-refractivity contribution in [2.45, 2.75) is 64.5 Å². The number of unbranched alkanes of at least 4 members (excludes halogenated alkanes) is 7. The van der Waals surface area contributed by atoms with Crippen LogP contribution >= 0.6 is 0 Å². The van der Waals surface area contributed by atoms with Gasteiger partial charge in [-0.3, -0.25) is 10.1 Å². The molecule has 0 aliphatic rings. The molecule has 0 spiro atoms. The molecule has 0 amide bonds. The lowest BCUT2D eigenvalue weighted by molar-refractivity contribution is -0.385. The highest BCUT2D eigenvalue weighted by atomic mass is 19.4. The number of halogens is 3. The smallest absolute Gasteiger partial charge is 0.416 e. The Bertz CT molecular complexity index is 603. The fourth-order valence-corrected chi connectivity index (χ4v) is 2.48. The topological polar surface area (TPSA) is 69.4 Å². The number of nitrogens with zero attached hydrogens (tertiary/aromatic N) is 1. The van der Waals surface area contributed by atoms with Crippen molar-refractivity contribution in [1.29, 1.82) is 0 Å². The summed E-state index contributed by atoms with van der Waals surface area (Å²) in [4.78, 5) is 21.7. The second-order valence-corrected chi connectivity index (χ2v) is 6.13. The molecule has 0 radical (unpaired) electrons. The Hall–Kier alpha value is -2.12. The van der Waals surface area contributed by atoms with Crippen LogP contribution in [0.5, 0.6) is 0 Å². The van der Waals surface area contributed by atoms with Crippen molar-refractivity contribution in [3.63, 3.8) is 0 Å². The summed E-state index contributed by atoms with van der Waals surface area (Å²) in [6.07, 6.45) is 3.59. The van der Waals surface area contributed by atoms with Crippen molar-refractivity contribution in [3.8, 4) is 0 Å². The van der Waals surface area contributed by atoms with E-state index in [9.17, 15) is 28.1 Å². The third-order valence-corrected chi connectivity index (χ3v) is 3.92. The monoisotopic (exact) mass is 375 g/mol. The summed E-state index contributed by atoms with van der Waals surface area (Å²) >= 11 is 0. The van der Waals surface area contributed by atoms with E-state index in [4.69, 9.17) is 4.74 Å². The van der Waals surface area contributed by atoms with Crippen LogP contribution in [0.1, 0.15) is 74.2 Å². The highest BCUT2D eigenvalue weighted by Crippen LogP contribution is 2.32. The SMILES string of the molecule is CCCCCCCCCCOC(=O)c1cc([N+](=O)[O-])cc(C(F)(F)F)c1. The molecule has 0 aliphatic heterocycles. The van der Waals surface area contributed by atoms with Gasteiger partial charge < -0.3 is 4.74 Å². The zero-order chi connectivity index (χ0) is 19.6. The first-order valence-corrected chi connectivity index (χ1v) is 8.79. The first-order valence-electron chi connectivity index (χ1n) is 8.79. The van der Waals surface area contributed by atoms with Gasteiger partial charge in [-0.05, 0) is 12.5 Å².